The number of benzene rings is 1. The molecular weight excluding hydrogens is 431 g/mol. The molecule has 6 nitrogen and oxygen atoms in total. The van der Waals surface area contributed by atoms with E-state index in [1.165, 1.54) is 6.92 Å². The number of ether oxygens (including phenoxy) is 1. The highest BCUT2D eigenvalue weighted by Gasteiger charge is 2.08. The molecule has 0 fully saturated rings. The van der Waals surface area contributed by atoms with E-state index in [0.717, 1.165) is 37.5 Å². The maximum absolute atomic E-state index is 11.3. The van der Waals surface area contributed by atoms with Crippen molar-refractivity contribution in [2.75, 3.05) is 32.6 Å². The summed E-state index contributed by atoms with van der Waals surface area (Å²) in [4.78, 5) is 18.2. The van der Waals surface area contributed by atoms with Gasteiger partial charge in [0.05, 0.1) is 19.3 Å². The molecule has 0 unspecified atom stereocenters. The summed E-state index contributed by atoms with van der Waals surface area (Å²) in [5, 5.41) is 6.10. The number of guanidine groups is 1. The number of aliphatic imine (C=N–C) groups is 1. The molecule has 0 spiro atoms. The van der Waals surface area contributed by atoms with Crippen LogP contribution < -0.4 is 15.4 Å². The number of hydrogen-bond acceptors (Lipinski definition) is 3. The van der Waals surface area contributed by atoms with Gasteiger partial charge in [0, 0.05) is 27.1 Å². The van der Waals surface area contributed by atoms with Gasteiger partial charge >= 0.3 is 0 Å². The Bertz CT molecular complexity index is 564. The molecule has 0 aliphatic rings. The summed E-state index contributed by atoms with van der Waals surface area (Å²) >= 11 is 0. The number of nitrogens with one attached hydrogen (secondary N) is 2. The van der Waals surface area contributed by atoms with Crippen LogP contribution in [0.15, 0.2) is 23.2 Å². The maximum atomic E-state index is 11.3. The molecule has 0 aliphatic carbocycles. The Morgan fingerprint density at radius 2 is 2.04 bits per heavy atom. The van der Waals surface area contributed by atoms with Gasteiger partial charge in [-0.15, -0.1) is 24.0 Å². The maximum Gasteiger partial charge on any atom is 0.221 e. The van der Waals surface area contributed by atoms with E-state index in [0.29, 0.717) is 18.0 Å². The van der Waals surface area contributed by atoms with Gasteiger partial charge in [0.1, 0.15) is 5.75 Å². The number of rotatable bonds is 8. The van der Waals surface area contributed by atoms with Gasteiger partial charge in [-0.3, -0.25) is 4.79 Å². The quantitative estimate of drug-likeness (QED) is 0.353. The van der Waals surface area contributed by atoms with Crippen molar-refractivity contribution >= 4 is 41.5 Å². The summed E-state index contributed by atoms with van der Waals surface area (Å²) in [5.41, 5.74) is 1.68. The number of unbranched alkanes of at least 4 members (excludes halogenated alkanes) is 1. The lowest BCUT2D eigenvalue weighted by Gasteiger charge is -2.21. The molecule has 1 aromatic rings. The SMILES string of the molecule is CCCCN(C)C(=NCc1ccc(OC)c(NC(C)=O)c1)NCC.I. The third kappa shape index (κ3) is 8.42. The smallest absolute Gasteiger partial charge is 0.221 e. The number of halogens is 1. The van der Waals surface area contributed by atoms with Gasteiger partial charge in [-0.2, -0.15) is 0 Å². The van der Waals surface area contributed by atoms with Gasteiger partial charge in [-0.25, -0.2) is 4.99 Å². The zero-order valence-corrected chi connectivity index (χ0v) is 18.2. The van der Waals surface area contributed by atoms with E-state index in [-0.39, 0.29) is 29.9 Å². The Hall–Kier alpha value is -1.51. The van der Waals surface area contributed by atoms with Crippen molar-refractivity contribution in [3.8, 4) is 5.75 Å². The molecule has 0 aliphatic heterocycles. The summed E-state index contributed by atoms with van der Waals surface area (Å²) in [6, 6.07) is 5.71. The van der Waals surface area contributed by atoms with Gasteiger partial charge < -0.3 is 20.3 Å². The molecule has 0 saturated carbocycles. The van der Waals surface area contributed by atoms with E-state index in [1.54, 1.807) is 7.11 Å². The van der Waals surface area contributed by atoms with Gasteiger partial charge in [0.15, 0.2) is 5.96 Å². The zero-order valence-electron chi connectivity index (χ0n) is 15.9. The molecule has 0 saturated heterocycles. The Kier molecular flexibility index (Phi) is 12.0. The second kappa shape index (κ2) is 12.8. The lowest BCUT2D eigenvalue weighted by atomic mass is 10.2. The average Bonchev–Trinajstić information content (AvgIpc) is 2.56. The van der Waals surface area contributed by atoms with Crippen molar-refractivity contribution in [2.24, 2.45) is 4.99 Å². The van der Waals surface area contributed by atoms with Gasteiger partial charge in [0.25, 0.3) is 0 Å². The van der Waals surface area contributed by atoms with Crippen LogP contribution in [0.5, 0.6) is 5.75 Å². The van der Waals surface area contributed by atoms with Crippen molar-refractivity contribution in [3.05, 3.63) is 23.8 Å². The molecule has 1 amide bonds. The highest BCUT2D eigenvalue weighted by atomic mass is 127. The van der Waals surface area contributed by atoms with Gasteiger partial charge in [-0.05, 0) is 31.0 Å². The van der Waals surface area contributed by atoms with E-state index in [2.05, 4.69) is 29.4 Å². The second-order valence-electron chi connectivity index (χ2n) is 5.66. The Morgan fingerprint density at radius 3 is 2.60 bits per heavy atom. The fraction of sp³-hybridized carbons (Fsp3) is 0.556. The van der Waals surface area contributed by atoms with Crippen molar-refractivity contribution in [1.29, 1.82) is 0 Å². The molecule has 142 valence electrons. The highest BCUT2D eigenvalue weighted by Crippen LogP contribution is 2.25. The Labute approximate surface area is 168 Å². The van der Waals surface area contributed by atoms with E-state index in [4.69, 9.17) is 9.73 Å². The first-order valence-electron chi connectivity index (χ1n) is 8.45. The third-order valence-corrected chi connectivity index (χ3v) is 3.53. The van der Waals surface area contributed by atoms with Crippen molar-refractivity contribution in [2.45, 2.75) is 40.2 Å². The standard InChI is InChI=1S/C18H30N4O2.HI/c1-6-8-11-22(4)18(19-7-2)20-13-15-9-10-17(24-5)16(12-15)21-14(3)23;/h9-10,12H,6-8,11,13H2,1-5H3,(H,19,20)(H,21,23);1H. The van der Waals surface area contributed by atoms with Crippen molar-refractivity contribution in [1.82, 2.24) is 10.2 Å². The van der Waals surface area contributed by atoms with Gasteiger partial charge in [-0.1, -0.05) is 19.4 Å². The minimum absolute atomic E-state index is 0. The van der Waals surface area contributed by atoms with Crippen molar-refractivity contribution < 1.29 is 9.53 Å². The molecule has 2 N–H and O–H groups in total. The lowest BCUT2D eigenvalue weighted by Crippen LogP contribution is -2.39. The van der Waals surface area contributed by atoms with Gasteiger partial charge in [0.2, 0.25) is 5.91 Å². The Morgan fingerprint density at radius 1 is 1.32 bits per heavy atom. The van der Waals surface area contributed by atoms with Crippen LogP contribution in [-0.4, -0.2) is 44.0 Å². The van der Waals surface area contributed by atoms with Crippen LogP contribution in [0.2, 0.25) is 0 Å². The minimum atomic E-state index is -0.124. The van der Waals surface area contributed by atoms with E-state index >= 15 is 0 Å². The molecule has 0 bridgehead atoms. The first-order valence-corrected chi connectivity index (χ1v) is 8.45. The predicted octanol–water partition coefficient (Wildman–Crippen LogP) is 3.47. The first kappa shape index (κ1) is 23.5. The van der Waals surface area contributed by atoms with Crippen molar-refractivity contribution in [3.63, 3.8) is 0 Å². The van der Waals surface area contributed by atoms with Crippen LogP contribution in [0.3, 0.4) is 0 Å². The van der Waals surface area contributed by atoms with E-state index < -0.39 is 0 Å². The monoisotopic (exact) mass is 462 g/mol. The highest BCUT2D eigenvalue weighted by molar-refractivity contribution is 14.0. The molecule has 0 atom stereocenters. The molecule has 0 aromatic heterocycles. The minimum Gasteiger partial charge on any atom is -0.495 e. The number of carbonyl (C=O) groups is 1. The number of methoxy groups -OCH3 is 1. The summed E-state index contributed by atoms with van der Waals surface area (Å²) < 4.78 is 5.28. The van der Waals surface area contributed by atoms with Crippen LogP contribution in [0.4, 0.5) is 5.69 Å². The van der Waals surface area contributed by atoms with Crippen LogP contribution in [0, 0.1) is 0 Å². The fourth-order valence-corrected chi connectivity index (χ4v) is 2.28. The number of carbonyl (C=O) groups excluding carboxylic acids is 1. The van der Waals surface area contributed by atoms with E-state index in [9.17, 15) is 4.79 Å². The molecule has 1 aromatic carbocycles. The molecule has 1 rings (SSSR count). The summed E-state index contributed by atoms with van der Waals surface area (Å²) in [5.74, 6) is 1.41. The van der Waals surface area contributed by atoms with Crippen LogP contribution in [0.1, 0.15) is 39.2 Å². The van der Waals surface area contributed by atoms with Crippen LogP contribution in [0.25, 0.3) is 0 Å². The van der Waals surface area contributed by atoms with Crippen LogP contribution >= 0.6 is 24.0 Å². The molecule has 0 radical (unpaired) electrons. The Balaban J connectivity index is 0.00000576. The number of amides is 1. The third-order valence-electron chi connectivity index (χ3n) is 3.53. The first-order chi connectivity index (χ1) is 11.5. The predicted molar refractivity (Wildman–Crippen MR) is 115 cm³/mol. The summed E-state index contributed by atoms with van der Waals surface area (Å²) in [6.07, 6.45) is 2.29. The number of hydrogen-bond donors (Lipinski definition) is 2. The normalized spacial score (nSPS) is 10.7. The van der Waals surface area contributed by atoms with E-state index in [1.807, 2.05) is 25.2 Å². The largest absolute Gasteiger partial charge is 0.495 e. The average molecular weight is 462 g/mol. The summed E-state index contributed by atoms with van der Waals surface area (Å²) in [6.45, 7) is 8.06. The fourth-order valence-electron chi connectivity index (χ4n) is 2.28. The van der Waals surface area contributed by atoms with Crippen LogP contribution in [-0.2, 0) is 11.3 Å². The molecular formula is C18H31IN4O2. The topological polar surface area (TPSA) is 66.0 Å². The number of anilines is 1. The summed E-state index contributed by atoms with van der Waals surface area (Å²) in [7, 11) is 3.64. The molecule has 7 heteroatoms. The lowest BCUT2D eigenvalue weighted by molar-refractivity contribution is -0.114. The molecule has 0 heterocycles. The second-order valence-corrected chi connectivity index (χ2v) is 5.66. The zero-order chi connectivity index (χ0) is 17.9. The molecule has 25 heavy (non-hydrogen) atoms. The number of nitrogens with zero attached hydrogens (tertiary/aromatic N) is 2.